The van der Waals surface area contributed by atoms with Gasteiger partial charge in [-0.3, -0.25) is 18.6 Å². The molecule has 0 aliphatic carbocycles. The van der Waals surface area contributed by atoms with Crippen molar-refractivity contribution in [2.75, 3.05) is 26.4 Å². The predicted octanol–water partition coefficient (Wildman–Crippen LogP) is 11.9. The van der Waals surface area contributed by atoms with Crippen molar-refractivity contribution >= 4 is 19.8 Å². The Morgan fingerprint density at radius 3 is 1.47 bits per heavy atom. The molecule has 0 saturated heterocycles. The standard InChI is InChI=1S/C46H81O10P/c1-3-5-7-9-11-13-15-17-19-21-23-25-27-29-31-33-35-37-45(49)53-41-44(42-55-57(51,52)54-40-43(48)39-47)56-46(50)38-36-34-32-30-28-26-24-22-20-18-16-14-12-10-8-6-4-2/h11,13,17-20,23,25,29,31,43-44,47-48H,3-10,12,14-16,21-22,24,26-28,30,32-42H2,1-2H3,(H,51,52)/b13-11-,19-17-,20-18-,25-23-,31-29-/t43-,44+/m0/s1. The largest absolute Gasteiger partial charge is 0.472 e. The molecule has 11 heteroatoms. The first-order chi connectivity index (χ1) is 27.7. The normalized spacial score (nSPS) is 14.4. The second kappa shape index (κ2) is 41.8. The maximum atomic E-state index is 12.6. The summed E-state index contributed by atoms with van der Waals surface area (Å²) in [7, 11) is -4.63. The molecule has 0 saturated carbocycles. The van der Waals surface area contributed by atoms with Crippen LogP contribution in [0.5, 0.6) is 0 Å². The molecule has 10 nitrogen and oxygen atoms in total. The molecule has 0 radical (unpaired) electrons. The Hall–Kier alpha value is -2.33. The third-order valence-corrected chi connectivity index (χ3v) is 10.1. The summed E-state index contributed by atoms with van der Waals surface area (Å²) in [6, 6.07) is 0. The smallest absolute Gasteiger partial charge is 0.462 e. The topological polar surface area (TPSA) is 149 Å². The van der Waals surface area contributed by atoms with Crippen LogP contribution in [0.25, 0.3) is 0 Å². The van der Waals surface area contributed by atoms with Gasteiger partial charge in [0.1, 0.15) is 12.7 Å². The average molecular weight is 825 g/mol. The minimum Gasteiger partial charge on any atom is -0.462 e. The molecule has 0 aromatic carbocycles. The van der Waals surface area contributed by atoms with E-state index in [0.717, 1.165) is 51.4 Å². The van der Waals surface area contributed by atoms with E-state index in [9.17, 15) is 24.2 Å². The maximum absolute atomic E-state index is 12.6. The third-order valence-electron chi connectivity index (χ3n) is 9.14. The molecular formula is C46H81O10P. The number of hydrogen-bond donors (Lipinski definition) is 3. The van der Waals surface area contributed by atoms with E-state index in [4.69, 9.17) is 19.1 Å². The first kappa shape index (κ1) is 54.7. The number of aliphatic hydroxyl groups is 2. The van der Waals surface area contributed by atoms with Crippen LogP contribution in [0.15, 0.2) is 60.8 Å². The van der Waals surface area contributed by atoms with Crippen LogP contribution in [0.3, 0.4) is 0 Å². The third kappa shape index (κ3) is 41.6. The summed E-state index contributed by atoms with van der Waals surface area (Å²) in [5.74, 6) is -0.997. The van der Waals surface area contributed by atoms with Gasteiger partial charge in [0, 0.05) is 12.8 Å². The van der Waals surface area contributed by atoms with E-state index in [2.05, 4.69) is 73.1 Å². The van der Waals surface area contributed by atoms with Gasteiger partial charge >= 0.3 is 19.8 Å². The number of carbonyl (C=O) groups excluding carboxylic acids is 2. The predicted molar refractivity (Wildman–Crippen MR) is 233 cm³/mol. The highest BCUT2D eigenvalue weighted by molar-refractivity contribution is 7.47. The van der Waals surface area contributed by atoms with Crippen LogP contribution < -0.4 is 0 Å². The van der Waals surface area contributed by atoms with Crippen LogP contribution in [-0.4, -0.2) is 65.7 Å². The summed E-state index contributed by atoms with van der Waals surface area (Å²) >= 11 is 0. The van der Waals surface area contributed by atoms with Gasteiger partial charge in [0.25, 0.3) is 0 Å². The van der Waals surface area contributed by atoms with Gasteiger partial charge in [0.05, 0.1) is 19.8 Å². The molecule has 0 aliphatic heterocycles. The Bertz CT molecular complexity index is 1130. The van der Waals surface area contributed by atoms with Gasteiger partial charge in [-0.2, -0.15) is 0 Å². The van der Waals surface area contributed by atoms with Crippen LogP contribution in [-0.2, 0) is 32.7 Å². The molecule has 0 spiro atoms. The lowest BCUT2D eigenvalue weighted by Crippen LogP contribution is -2.29. The quantitative estimate of drug-likeness (QED) is 0.0235. The number of phosphoric acid groups is 1. The zero-order valence-corrected chi connectivity index (χ0v) is 36.7. The van der Waals surface area contributed by atoms with Crippen LogP contribution in [0.1, 0.15) is 181 Å². The van der Waals surface area contributed by atoms with Gasteiger partial charge in [-0.15, -0.1) is 0 Å². The number of phosphoric ester groups is 1. The van der Waals surface area contributed by atoms with E-state index in [1.54, 1.807) is 0 Å². The number of aliphatic hydroxyl groups excluding tert-OH is 2. The molecule has 330 valence electrons. The highest BCUT2D eigenvalue weighted by Gasteiger charge is 2.27. The average Bonchev–Trinajstić information content (AvgIpc) is 3.20. The van der Waals surface area contributed by atoms with Gasteiger partial charge in [-0.1, -0.05) is 152 Å². The van der Waals surface area contributed by atoms with Crippen molar-refractivity contribution in [3.63, 3.8) is 0 Å². The number of esters is 2. The van der Waals surface area contributed by atoms with E-state index in [-0.39, 0.29) is 19.4 Å². The van der Waals surface area contributed by atoms with Crippen molar-refractivity contribution in [2.24, 2.45) is 0 Å². The molecule has 0 aliphatic rings. The number of carbonyl (C=O) groups is 2. The molecule has 0 aromatic heterocycles. The summed E-state index contributed by atoms with van der Waals surface area (Å²) in [6.07, 6.45) is 46.2. The van der Waals surface area contributed by atoms with Gasteiger partial charge in [0.2, 0.25) is 0 Å². The fourth-order valence-corrected chi connectivity index (χ4v) is 6.48. The molecule has 3 atom stereocenters. The van der Waals surface area contributed by atoms with E-state index in [1.165, 1.54) is 83.5 Å². The number of allylic oxidation sites excluding steroid dienone is 10. The van der Waals surface area contributed by atoms with Crippen molar-refractivity contribution in [3.05, 3.63) is 60.8 Å². The van der Waals surface area contributed by atoms with Crippen molar-refractivity contribution in [1.82, 2.24) is 0 Å². The van der Waals surface area contributed by atoms with Crippen LogP contribution in [0, 0.1) is 0 Å². The minimum absolute atomic E-state index is 0.163. The van der Waals surface area contributed by atoms with E-state index >= 15 is 0 Å². The summed E-state index contributed by atoms with van der Waals surface area (Å²) in [5.41, 5.74) is 0. The number of rotatable bonds is 41. The molecule has 1 unspecified atom stereocenters. The Morgan fingerprint density at radius 1 is 0.526 bits per heavy atom. The first-order valence-corrected chi connectivity index (χ1v) is 23.7. The van der Waals surface area contributed by atoms with Crippen molar-refractivity contribution < 1.29 is 47.8 Å². The monoisotopic (exact) mass is 825 g/mol. The van der Waals surface area contributed by atoms with Gasteiger partial charge in [-0.05, 0) is 77.0 Å². The van der Waals surface area contributed by atoms with Gasteiger partial charge in [0.15, 0.2) is 6.10 Å². The maximum Gasteiger partial charge on any atom is 0.472 e. The lowest BCUT2D eigenvalue weighted by molar-refractivity contribution is -0.161. The van der Waals surface area contributed by atoms with Crippen LogP contribution in [0.2, 0.25) is 0 Å². The molecule has 0 fully saturated rings. The van der Waals surface area contributed by atoms with Crippen LogP contribution in [0.4, 0.5) is 0 Å². The molecule has 3 N–H and O–H groups in total. The summed E-state index contributed by atoms with van der Waals surface area (Å²) in [6.45, 7) is 2.28. The molecule has 0 rings (SSSR count). The van der Waals surface area contributed by atoms with Gasteiger partial charge in [-0.25, -0.2) is 4.57 Å². The first-order valence-electron chi connectivity index (χ1n) is 22.2. The fourth-order valence-electron chi connectivity index (χ4n) is 5.69. The number of hydrogen-bond acceptors (Lipinski definition) is 9. The molecular weight excluding hydrogens is 743 g/mol. The highest BCUT2D eigenvalue weighted by atomic mass is 31.2. The summed E-state index contributed by atoms with van der Waals surface area (Å²) in [4.78, 5) is 35.0. The second-order valence-corrected chi connectivity index (χ2v) is 16.2. The summed E-state index contributed by atoms with van der Waals surface area (Å²) in [5, 5.41) is 18.3. The second-order valence-electron chi connectivity index (χ2n) is 14.7. The van der Waals surface area contributed by atoms with E-state index < -0.39 is 51.8 Å². The Kier molecular flexibility index (Phi) is 40.1. The summed E-state index contributed by atoms with van der Waals surface area (Å²) < 4.78 is 32.7. The number of ether oxygens (including phenoxy) is 2. The van der Waals surface area contributed by atoms with Crippen molar-refractivity contribution in [2.45, 2.75) is 193 Å². The van der Waals surface area contributed by atoms with E-state index in [1.807, 2.05) is 6.08 Å². The van der Waals surface area contributed by atoms with Crippen molar-refractivity contribution in [1.29, 1.82) is 0 Å². The molecule has 0 bridgehead atoms. The Labute approximate surface area is 346 Å². The Morgan fingerprint density at radius 2 is 0.930 bits per heavy atom. The molecule has 0 amide bonds. The molecule has 57 heavy (non-hydrogen) atoms. The molecule has 0 heterocycles. The van der Waals surface area contributed by atoms with Crippen molar-refractivity contribution in [3.8, 4) is 0 Å². The van der Waals surface area contributed by atoms with E-state index in [0.29, 0.717) is 19.3 Å². The number of unbranched alkanes of at least 4 members (excludes halogenated alkanes) is 17. The minimum atomic E-state index is -4.63. The Balaban J connectivity index is 4.39. The zero-order chi connectivity index (χ0) is 41.9. The SMILES string of the molecule is CCCCC/C=C\C/C=C\C/C=C\C/C=C\CCCC(=O)OC[C@H](COP(=O)(O)OC[C@@H](O)CO)OC(=O)CCCCCCCCC/C=C\CCCCCCCC. The fraction of sp³-hybridized carbons (Fsp3) is 0.739. The lowest BCUT2D eigenvalue weighted by atomic mass is 10.1. The lowest BCUT2D eigenvalue weighted by Gasteiger charge is -2.20. The highest BCUT2D eigenvalue weighted by Crippen LogP contribution is 2.43. The zero-order valence-electron chi connectivity index (χ0n) is 35.8. The van der Waals surface area contributed by atoms with Gasteiger partial charge < -0.3 is 24.6 Å². The molecule has 0 aromatic rings. The van der Waals surface area contributed by atoms with Crippen LogP contribution >= 0.6 is 7.82 Å².